The molecule has 0 aliphatic carbocycles. The first kappa shape index (κ1) is 17.4. The minimum absolute atomic E-state index is 0.111. The number of allylic oxidation sites excluding steroid dienone is 1. The quantitative estimate of drug-likeness (QED) is 0.629. The van der Waals surface area contributed by atoms with Gasteiger partial charge in [-0.2, -0.15) is 0 Å². The van der Waals surface area contributed by atoms with Crippen molar-refractivity contribution in [3.8, 4) is 0 Å². The lowest BCUT2D eigenvalue weighted by Gasteiger charge is -2.13. The zero-order chi connectivity index (χ0) is 15.8. The number of rotatable bonds is 9. The third kappa shape index (κ3) is 7.03. The summed E-state index contributed by atoms with van der Waals surface area (Å²) in [6, 6.07) is 8.24. The Balaban J connectivity index is 2.44. The van der Waals surface area contributed by atoms with Gasteiger partial charge in [0.1, 0.15) is 11.6 Å². The second-order valence-electron chi connectivity index (χ2n) is 6.03. The van der Waals surface area contributed by atoms with E-state index in [0.717, 1.165) is 24.8 Å². The molecule has 2 heteroatoms. The Labute approximate surface area is 128 Å². The fourth-order valence-electron chi connectivity index (χ4n) is 2.29. The van der Waals surface area contributed by atoms with Crippen LogP contribution in [-0.4, -0.2) is 11.6 Å². The van der Waals surface area contributed by atoms with Gasteiger partial charge in [0.25, 0.3) is 0 Å². The molecule has 0 bridgehead atoms. The molecule has 0 aliphatic rings. The van der Waals surface area contributed by atoms with E-state index in [0.29, 0.717) is 12.8 Å². The molecule has 0 aliphatic heterocycles. The highest BCUT2D eigenvalue weighted by Gasteiger charge is 2.18. The van der Waals surface area contributed by atoms with Crippen LogP contribution in [0.3, 0.4) is 0 Å². The molecule has 0 amide bonds. The summed E-state index contributed by atoms with van der Waals surface area (Å²) in [5.74, 6) is 0.143. The van der Waals surface area contributed by atoms with Gasteiger partial charge in [0.15, 0.2) is 0 Å². The van der Waals surface area contributed by atoms with Crippen molar-refractivity contribution >= 4 is 11.6 Å². The molecule has 0 aromatic heterocycles. The number of hydrogen-bond acceptors (Lipinski definition) is 2. The SMILES string of the molecule is C=C(C)CC[C@H](CC(=O)CCc1ccc(C)cc1)C(C)=O. The first-order chi connectivity index (χ1) is 9.88. The lowest BCUT2D eigenvalue weighted by Crippen LogP contribution is -2.16. The summed E-state index contributed by atoms with van der Waals surface area (Å²) >= 11 is 0. The van der Waals surface area contributed by atoms with Gasteiger partial charge in [0.05, 0.1) is 0 Å². The molecule has 0 saturated heterocycles. The van der Waals surface area contributed by atoms with Crippen molar-refractivity contribution in [2.24, 2.45) is 5.92 Å². The summed E-state index contributed by atoms with van der Waals surface area (Å²) < 4.78 is 0. The first-order valence-corrected chi connectivity index (χ1v) is 7.60. The molecule has 0 spiro atoms. The van der Waals surface area contributed by atoms with E-state index in [4.69, 9.17) is 0 Å². The third-order valence-electron chi connectivity index (χ3n) is 3.78. The van der Waals surface area contributed by atoms with Crippen molar-refractivity contribution < 1.29 is 9.59 Å². The molecule has 0 saturated carbocycles. The molecule has 1 aromatic rings. The molecule has 0 radical (unpaired) electrons. The average molecular weight is 286 g/mol. The van der Waals surface area contributed by atoms with Gasteiger partial charge in [-0.3, -0.25) is 9.59 Å². The maximum absolute atomic E-state index is 12.1. The van der Waals surface area contributed by atoms with E-state index in [2.05, 4.69) is 30.8 Å². The van der Waals surface area contributed by atoms with E-state index in [1.807, 2.05) is 13.8 Å². The standard InChI is InChI=1S/C19H26O2/c1-14(2)5-11-18(16(4)20)13-19(21)12-10-17-8-6-15(3)7-9-17/h6-9,18H,1,5,10-13H2,2-4H3/t18-/m1/s1. The topological polar surface area (TPSA) is 34.1 Å². The van der Waals surface area contributed by atoms with Crippen molar-refractivity contribution in [2.45, 2.75) is 52.9 Å². The molecule has 0 N–H and O–H groups in total. The molecule has 0 heterocycles. The number of ketones is 2. The van der Waals surface area contributed by atoms with Crippen LogP contribution in [-0.2, 0) is 16.0 Å². The second kappa shape index (κ2) is 8.56. The Morgan fingerprint density at radius 2 is 1.71 bits per heavy atom. The Morgan fingerprint density at radius 3 is 2.24 bits per heavy atom. The van der Waals surface area contributed by atoms with Crippen LogP contribution >= 0.6 is 0 Å². The highest BCUT2D eigenvalue weighted by Crippen LogP contribution is 2.18. The largest absolute Gasteiger partial charge is 0.300 e. The smallest absolute Gasteiger partial charge is 0.133 e. The molecule has 1 rings (SSSR count). The fourth-order valence-corrected chi connectivity index (χ4v) is 2.29. The van der Waals surface area contributed by atoms with E-state index in [9.17, 15) is 9.59 Å². The van der Waals surface area contributed by atoms with Gasteiger partial charge in [-0.1, -0.05) is 35.4 Å². The Bertz CT molecular complexity index is 497. The van der Waals surface area contributed by atoms with Gasteiger partial charge in [-0.25, -0.2) is 0 Å². The zero-order valence-electron chi connectivity index (χ0n) is 13.4. The number of carbonyl (C=O) groups is 2. The first-order valence-electron chi connectivity index (χ1n) is 7.60. The third-order valence-corrected chi connectivity index (χ3v) is 3.78. The zero-order valence-corrected chi connectivity index (χ0v) is 13.4. The minimum Gasteiger partial charge on any atom is -0.300 e. The number of Topliss-reactive ketones (excluding diaryl/α,β-unsaturated/α-hetero) is 2. The van der Waals surface area contributed by atoms with Crippen LogP contribution in [0.1, 0.15) is 50.7 Å². The summed E-state index contributed by atoms with van der Waals surface area (Å²) in [4.78, 5) is 23.7. The van der Waals surface area contributed by atoms with E-state index < -0.39 is 0 Å². The fraction of sp³-hybridized carbons (Fsp3) is 0.474. The van der Waals surface area contributed by atoms with Crippen LogP contribution in [0, 0.1) is 12.8 Å². The minimum atomic E-state index is -0.146. The average Bonchev–Trinajstić information content (AvgIpc) is 2.42. The molecule has 21 heavy (non-hydrogen) atoms. The van der Waals surface area contributed by atoms with Gasteiger partial charge in [0.2, 0.25) is 0 Å². The normalized spacial score (nSPS) is 12.0. The van der Waals surface area contributed by atoms with Gasteiger partial charge in [-0.05, 0) is 45.6 Å². The van der Waals surface area contributed by atoms with Crippen molar-refractivity contribution in [3.63, 3.8) is 0 Å². The van der Waals surface area contributed by atoms with Crippen LogP contribution in [0.15, 0.2) is 36.4 Å². The van der Waals surface area contributed by atoms with Crippen LogP contribution in [0.5, 0.6) is 0 Å². The monoisotopic (exact) mass is 286 g/mol. The summed E-state index contributed by atoms with van der Waals surface area (Å²) in [7, 11) is 0. The highest BCUT2D eigenvalue weighted by molar-refractivity contribution is 5.86. The van der Waals surface area contributed by atoms with E-state index >= 15 is 0 Å². The number of benzene rings is 1. The molecule has 2 nitrogen and oxygen atoms in total. The van der Waals surface area contributed by atoms with Gasteiger partial charge in [0, 0.05) is 18.8 Å². The summed E-state index contributed by atoms with van der Waals surface area (Å²) in [6.07, 6.45) is 3.19. The molecular weight excluding hydrogens is 260 g/mol. The van der Waals surface area contributed by atoms with Crippen molar-refractivity contribution in [1.29, 1.82) is 0 Å². The summed E-state index contributed by atoms with van der Waals surface area (Å²) in [5.41, 5.74) is 3.46. The Kier molecular flexibility index (Phi) is 7.07. The lowest BCUT2D eigenvalue weighted by molar-refractivity contribution is -0.126. The molecule has 0 unspecified atom stereocenters. The van der Waals surface area contributed by atoms with Gasteiger partial charge in [-0.15, -0.1) is 6.58 Å². The molecule has 1 atom stereocenters. The van der Waals surface area contributed by atoms with E-state index in [1.165, 1.54) is 11.1 Å². The van der Waals surface area contributed by atoms with Crippen LogP contribution in [0.2, 0.25) is 0 Å². The van der Waals surface area contributed by atoms with Crippen LogP contribution in [0.25, 0.3) is 0 Å². The number of aryl methyl sites for hydroxylation is 2. The molecule has 0 fully saturated rings. The summed E-state index contributed by atoms with van der Waals surface area (Å²) in [5, 5.41) is 0. The second-order valence-corrected chi connectivity index (χ2v) is 6.03. The van der Waals surface area contributed by atoms with Crippen LogP contribution < -0.4 is 0 Å². The molecule has 114 valence electrons. The van der Waals surface area contributed by atoms with E-state index in [-0.39, 0.29) is 17.5 Å². The van der Waals surface area contributed by atoms with Gasteiger partial charge >= 0.3 is 0 Å². The highest BCUT2D eigenvalue weighted by atomic mass is 16.1. The van der Waals surface area contributed by atoms with Crippen molar-refractivity contribution in [2.75, 3.05) is 0 Å². The lowest BCUT2D eigenvalue weighted by atomic mass is 9.90. The van der Waals surface area contributed by atoms with Gasteiger partial charge < -0.3 is 0 Å². The number of hydrogen-bond donors (Lipinski definition) is 0. The van der Waals surface area contributed by atoms with Crippen molar-refractivity contribution in [3.05, 3.63) is 47.5 Å². The van der Waals surface area contributed by atoms with Crippen LogP contribution in [0.4, 0.5) is 0 Å². The predicted molar refractivity (Wildman–Crippen MR) is 87.3 cm³/mol. The summed E-state index contributed by atoms with van der Waals surface area (Å²) in [6.45, 7) is 9.44. The maximum atomic E-state index is 12.1. The van der Waals surface area contributed by atoms with Crippen molar-refractivity contribution in [1.82, 2.24) is 0 Å². The Morgan fingerprint density at radius 1 is 1.10 bits per heavy atom. The Hall–Kier alpha value is -1.70. The molecular formula is C19H26O2. The maximum Gasteiger partial charge on any atom is 0.133 e. The number of carbonyl (C=O) groups excluding carboxylic acids is 2. The predicted octanol–water partition coefficient (Wildman–Crippen LogP) is 4.45. The molecule has 1 aromatic carbocycles. The van der Waals surface area contributed by atoms with E-state index in [1.54, 1.807) is 6.92 Å².